The molecule has 188 valence electrons. The summed E-state index contributed by atoms with van der Waals surface area (Å²) in [6.45, 7) is 2.73. The van der Waals surface area contributed by atoms with Gasteiger partial charge in [-0.25, -0.2) is 0 Å². The summed E-state index contributed by atoms with van der Waals surface area (Å²) in [7, 11) is 0. The summed E-state index contributed by atoms with van der Waals surface area (Å²) >= 11 is 6.10. The van der Waals surface area contributed by atoms with Crippen LogP contribution in [0.2, 0.25) is 5.02 Å². The molecule has 0 saturated carbocycles. The van der Waals surface area contributed by atoms with E-state index in [1.807, 2.05) is 104 Å². The molecule has 0 saturated heterocycles. The second-order valence-electron chi connectivity index (χ2n) is 9.22. The normalized spacial score (nSPS) is 11.5. The zero-order chi connectivity index (χ0) is 26.0. The number of rotatable bonds is 10. The van der Waals surface area contributed by atoms with Crippen LogP contribution in [0.25, 0.3) is 0 Å². The van der Waals surface area contributed by atoms with E-state index in [0.29, 0.717) is 24.5 Å². The van der Waals surface area contributed by atoms with Crippen molar-refractivity contribution in [3.63, 3.8) is 0 Å². The quantitative estimate of drug-likeness (QED) is 0.278. The fourth-order valence-corrected chi connectivity index (χ4v) is 4.35. The van der Waals surface area contributed by atoms with Crippen LogP contribution in [-0.4, -0.2) is 22.8 Å². The van der Waals surface area contributed by atoms with Crippen molar-refractivity contribution in [1.82, 2.24) is 10.2 Å². The highest BCUT2D eigenvalue weighted by atomic mass is 35.5. The van der Waals surface area contributed by atoms with Crippen LogP contribution in [0.4, 0.5) is 0 Å². The van der Waals surface area contributed by atoms with E-state index >= 15 is 0 Å². The van der Waals surface area contributed by atoms with E-state index in [2.05, 4.69) is 5.32 Å². The van der Waals surface area contributed by atoms with Gasteiger partial charge in [-0.3, -0.25) is 9.59 Å². The minimum absolute atomic E-state index is 0.104. The fraction of sp³-hybridized carbons (Fsp3) is 0.188. The number of hydrogen-bond acceptors (Lipinski definition) is 2. The SMILES string of the molecule is Cc1ccc(CNC(=O)[C@@H](Cc2ccccc2)N(Cc2ccc(Cl)cc2)C(=O)Cc2ccccc2)cc1. The fourth-order valence-electron chi connectivity index (χ4n) is 4.23. The Kier molecular flexibility index (Phi) is 9.12. The third-order valence-corrected chi connectivity index (χ3v) is 6.57. The van der Waals surface area contributed by atoms with Gasteiger partial charge in [0.1, 0.15) is 6.04 Å². The third-order valence-electron chi connectivity index (χ3n) is 6.32. The minimum atomic E-state index is -0.681. The largest absolute Gasteiger partial charge is 0.350 e. The lowest BCUT2D eigenvalue weighted by Gasteiger charge is -2.32. The van der Waals surface area contributed by atoms with Crippen molar-refractivity contribution in [2.45, 2.75) is 38.9 Å². The summed E-state index contributed by atoms with van der Waals surface area (Å²) in [4.78, 5) is 29.2. The summed E-state index contributed by atoms with van der Waals surface area (Å²) in [5.41, 5.74) is 4.99. The molecule has 0 aromatic heterocycles. The van der Waals surface area contributed by atoms with Crippen LogP contribution in [0.1, 0.15) is 27.8 Å². The highest BCUT2D eigenvalue weighted by Gasteiger charge is 2.30. The van der Waals surface area contributed by atoms with Gasteiger partial charge in [-0.1, -0.05) is 114 Å². The molecule has 4 aromatic rings. The van der Waals surface area contributed by atoms with E-state index < -0.39 is 6.04 Å². The van der Waals surface area contributed by atoms with E-state index in [1.165, 1.54) is 0 Å². The van der Waals surface area contributed by atoms with Crippen molar-refractivity contribution in [3.8, 4) is 0 Å². The zero-order valence-electron chi connectivity index (χ0n) is 20.9. The Balaban J connectivity index is 1.63. The Hall–Kier alpha value is -3.89. The smallest absolute Gasteiger partial charge is 0.243 e. The summed E-state index contributed by atoms with van der Waals surface area (Å²) < 4.78 is 0. The molecule has 0 aliphatic rings. The van der Waals surface area contributed by atoms with Gasteiger partial charge in [0.05, 0.1) is 6.42 Å². The van der Waals surface area contributed by atoms with E-state index in [4.69, 9.17) is 11.6 Å². The maximum Gasteiger partial charge on any atom is 0.243 e. The third kappa shape index (κ3) is 7.80. The van der Waals surface area contributed by atoms with E-state index in [0.717, 1.165) is 27.8 Å². The summed E-state index contributed by atoms with van der Waals surface area (Å²) in [6, 6.07) is 34.2. The van der Waals surface area contributed by atoms with Gasteiger partial charge in [0.2, 0.25) is 11.8 Å². The number of halogens is 1. The topological polar surface area (TPSA) is 49.4 Å². The van der Waals surface area contributed by atoms with Crippen LogP contribution < -0.4 is 5.32 Å². The maximum atomic E-state index is 13.8. The zero-order valence-corrected chi connectivity index (χ0v) is 21.7. The lowest BCUT2D eigenvalue weighted by molar-refractivity contribution is -0.140. The van der Waals surface area contributed by atoms with Gasteiger partial charge in [0.25, 0.3) is 0 Å². The first kappa shape index (κ1) is 26.2. The van der Waals surface area contributed by atoms with Crippen LogP contribution in [0.15, 0.2) is 109 Å². The molecule has 5 heteroatoms. The van der Waals surface area contributed by atoms with Gasteiger partial charge in [-0.15, -0.1) is 0 Å². The van der Waals surface area contributed by atoms with Crippen LogP contribution in [0.3, 0.4) is 0 Å². The molecule has 1 N–H and O–H groups in total. The van der Waals surface area contributed by atoms with Crippen LogP contribution in [0.5, 0.6) is 0 Å². The lowest BCUT2D eigenvalue weighted by Crippen LogP contribution is -2.50. The van der Waals surface area contributed by atoms with Crippen molar-refractivity contribution in [2.24, 2.45) is 0 Å². The molecule has 2 amide bonds. The van der Waals surface area contributed by atoms with Crippen LogP contribution >= 0.6 is 11.6 Å². The van der Waals surface area contributed by atoms with Gasteiger partial charge in [0, 0.05) is 24.5 Å². The Morgan fingerprint density at radius 1 is 0.730 bits per heavy atom. The van der Waals surface area contributed by atoms with Crippen molar-refractivity contribution < 1.29 is 9.59 Å². The average Bonchev–Trinajstić information content (AvgIpc) is 2.92. The Morgan fingerprint density at radius 2 is 1.30 bits per heavy atom. The monoisotopic (exact) mass is 510 g/mol. The van der Waals surface area contributed by atoms with Crippen molar-refractivity contribution in [2.75, 3.05) is 0 Å². The molecule has 4 rings (SSSR count). The lowest BCUT2D eigenvalue weighted by atomic mass is 10.0. The first-order valence-electron chi connectivity index (χ1n) is 12.4. The van der Waals surface area contributed by atoms with Gasteiger partial charge >= 0.3 is 0 Å². The predicted octanol–water partition coefficient (Wildman–Crippen LogP) is 6.15. The molecule has 0 unspecified atom stereocenters. The molecule has 0 aliphatic heterocycles. The molecule has 0 spiro atoms. The van der Waals surface area contributed by atoms with E-state index in [1.54, 1.807) is 17.0 Å². The standard InChI is InChI=1S/C32H31ClN2O2/c1-24-12-14-27(15-13-24)22-34-32(37)30(20-25-8-4-2-5-9-25)35(23-28-16-18-29(33)19-17-28)31(36)21-26-10-6-3-7-11-26/h2-19,30H,20-23H2,1H3,(H,34,37)/t30-/m1/s1. The predicted molar refractivity (Wildman–Crippen MR) is 149 cm³/mol. The van der Waals surface area contributed by atoms with E-state index in [-0.39, 0.29) is 18.2 Å². The average molecular weight is 511 g/mol. The first-order valence-corrected chi connectivity index (χ1v) is 12.8. The van der Waals surface area contributed by atoms with Crippen LogP contribution in [-0.2, 0) is 35.5 Å². The highest BCUT2D eigenvalue weighted by Crippen LogP contribution is 2.18. The van der Waals surface area contributed by atoms with Crippen molar-refractivity contribution >= 4 is 23.4 Å². The van der Waals surface area contributed by atoms with Gasteiger partial charge in [-0.2, -0.15) is 0 Å². The molecule has 0 radical (unpaired) electrons. The number of amides is 2. The molecule has 1 atom stereocenters. The molecule has 4 nitrogen and oxygen atoms in total. The summed E-state index contributed by atoms with van der Waals surface area (Å²) in [6.07, 6.45) is 0.625. The number of hydrogen-bond donors (Lipinski definition) is 1. The molecular formula is C32H31ClN2O2. The summed E-state index contributed by atoms with van der Waals surface area (Å²) in [5.74, 6) is -0.285. The minimum Gasteiger partial charge on any atom is -0.350 e. The molecule has 0 aliphatic carbocycles. The number of benzene rings is 4. The first-order chi connectivity index (χ1) is 18.0. The molecule has 4 aromatic carbocycles. The molecule has 0 bridgehead atoms. The number of carbonyl (C=O) groups is 2. The Bertz CT molecular complexity index is 1290. The number of carbonyl (C=O) groups excluding carboxylic acids is 2. The van der Waals surface area contributed by atoms with Gasteiger partial charge < -0.3 is 10.2 Å². The molecular weight excluding hydrogens is 480 g/mol. The Labute approximate surface area is 223 Å². The second-order valence-corrected chi connectivity index (χ2v) is 9.66. The Morgan fingerprint density at radius 3 is 1.92 bits per heavy atom. The van der Waals surface area contributed by atoms with Crippen molar-refractivity contribution in [3.05, 3.63) is 142 Å². The second kappa shape index (κ2) is 12.9. The number of nitrogens with zero attached hydrogens (tertiary/aromatic N) is 1. The number of nitrogens with one attached hydrogen (secondary N) is 1. The highest BCUT2D eigenvalue weighted by molar-refractivity contribution is 6.30. The molecule has 0 heterocycles. The maximum absolute atomic E-state index is 13.8. The van der Waals surface area contributed by atoms with Crippen LogP contribution in [0, 0.1) is 6.92 Å². The van der Waals surface area contributed by atoms with Gasteiger partial charge in [0.15, 0.2) is 0 Å². The van der Waals surface area contributed by atoms with Gasteiger partial charge in [-0.05, 0) is 41.3 Å². The van der Waals surface area contributed by atoms with Crippen molar-refractivity contribution in [1.29, 1.82) is 0 Å². The number of aryl methyl sites for hydroxylation is 1. The molecule has 0 fully saturated rings. The van der Waals surface area contributed by atoms with E-state index in [9.17, 15) is 9.59 Å². The molecule has 37 heavy (non-hydrogen) atoms. The summed E-state index contributed by atoms with van der Waals surface area (Å²) in [5, 5.41) is 3.71.